The normalized spacial score (nSPS) is 10.5. The van der Waals surface area contributed by atoms with Crippen LogP contribution in [0.3, 0.4) is 0 Å². The lowest BCUT2D eigenvalue weighted by Gasteiger charge is -2.10. The van der Waals surface area contributed by atoms with E-state index in [1.807, 2.05) is 25.1 Å². The minimum Gasteiger partial charge on any atom is -0.437 e. The Morgan fingerprint density at radius 1 is 1.26 bits per heavy atom. The maximum atomic E-state index is 5.78. The molecule has 5 heteroatoms. The van der Waals surface area contributed by atoms with Crippen molar-refractivity contribution in [3.8, 4) is 11.6 Å². The zero-order chi connectivity index (χ0) is 13.7. The van der Waals surface area contributed by atoms with Crippen molar-refractivity contribution >= 4 is 15.9 Å². The molecule has 0 fully saturated rings. The summed E-state index contributed by atoms with van der Waals surface area (Å²) in [4.78, 5) is 8.52. The first-order chi connectivity index (χ1) is 9.19. The van der Waals surface area contributed by atoms with Crippen LogP contribution in [0.5, 0.6) is 11.6 Å². The zero-order valence-corrected chi connectivity index (χ0v) is 12.6. The molecule has 2 aromatic heterocycles. The molecule has 2 aromatic rings. The van der Waals surface area contributed by atoms with Gasteiger partial charge in [0.15, 0.2) is 0 Å². The molecule has 0 bridgehead atoms. The number of pyridine rings is 2. The third-order valence-corrected chi connectivity index (χ3v) is 2.99. The molecule has 0 aliphatic rings. The SMILES string of the molecule is CCNCc1cc(Br)cnc1Oc1ccc(C)nc1. The number of nitrogens with one attached hydrogen (secondary N) is 1. The van der Waals surface area contributed by atoms with Gasteiger partial charge in [0.1, 0.15) is 5.75 Å². The summed E-state index contributed by atoms with van der Waals surface area (Å²) < 4.78 is 6.72. The van der Waals surface area contributed by atoms with E-state index in [9.17, 15) is 0 Å². The first kappa shape index (κ1) is 14.0. The second-order valence-electron chi connectivity index (χ2n) is 4.14. The van der Waals surface area contributed by atoms with Gasteiger partial charge in [-0.25, -0.2) is 4.98 Å². The minimum atomic E-state index is 0.606. The number of rotatable bonds is 5. The molecule has 2 rings (SSSR count). The number of nitrogens with zero attached hydrogens (tertiary/aromatic N) is 2. The van der Waals surface area contributed by atoms with E-state index in [0.29, 0.717) is 11.6 Å². The fourth-order valence-corrected chi connectivity index (χ4v) is 1.95. The quantitative estimate of drug-likeness (QED) is 0.916. The van der Waals surface area contributed by atoms with E-state index in [4.69, 9.17) is 4.74 Å². The first-order valence-corrected chi connectivity index (χ1v) is 6.94. The average molecular weight is 322 g/mol. The van der Waals surface area contributed by atoms with Crippen molar-refractivity contribution in [2.24, 2.45) is 0 Å². The molecule has 0 atom stereocenters. The summed E-state index contributed by atoms with van der Waals surface area (Å²) in [6.45, 7) is 5.63. The van der Waals surface area contributed by atoms with Gasteiger partial charge >= 0.3 is 0 Å². The fraction of sp³-hybridized carbons (Fsp3) is 0.286. The van der Waals surface area contributed by atoms with Crippen LogP contribution < -0.4 is 10.1 Å². The van der Waals surface area contributed by atoms with E-state index in [1.165, 1.54) is 0 Å². The highest BCUT2D eigenvalue weighted by molar-refractivity contribution is 9.10. The van der Waals surface area contributed by atoms with Crippen molar-refractivity contribution in [3.05, 3.63) is 46.3 Å². The maximum absolute atomic E-state index is 5.78. The molecular formula is C14H16BrN3O. The Kier molecular flexibility index (Phi) is 4.87. The third-order valence-electron chi connectivity index (χ3n) is 2.56. The molecule has 0 saturated heterocycles. The monoisotopic (exact) mass is 321 g/mol. The summed E-state index contributed by atoms with van der Waals surface area (Å²) in [5, 5.41) is 3.27. The van der Waals surface area contributed by atoms with Crippen molar-refractivity contribution in [1.29, 1.82) is 0 Å². The van der Waals surface area contributed by atoms with E-state index >= 15 is 0 Å². The summed E-state index contributed by atoms with van der Waals surface area (Å²) >= 11 is 3.43. The van der Waals surface area contributed by atoms with E-state index in [0.717, 1.165) is 28.8 Å². The van der Waals surface area contributed by atoms with Crippen LogP contribution in [-0.2, 0) is 6.54 Å². The molecule has 2 heterocycles. The van der Waals surface area contributed by atoms with Gasteiger partial charge in [-0.05, 0) is 47.6 Å². The van der Waals surface area contributed by atoms with Crippen LogP contribution in [0.25, 0.3) is 0 Å². The lowest BCUT2D eigenvalue weighted by molar-refractivity contribution is 0.451. The Morgan fingerprint density at radius 3 is 2.79 bits per heavy atom. The van der Waals surface area contributed by atoms with Gasteiger partial charge in [-0.2, -0.15) is 0 Å². The number of aromatic nitrogens is 2. The van der Waals surface area contributed by atoms with Crippen molar-refractivity contribution < 1.29 is 4.74 Å². The Bertz CT molecular complexity index is 543. The highest BCUT2D eigenvalue weighted by Gasteiger charge is 2.07. The van der Waals surface area contributed by atoms with Crippen LogP contribution in [0.2, 0.25) is 0 Å². The van der Waals surface area contributed by atoms with E-state index in [-0.39, 0.29) is 0 Å². The third kappa shape index (κ3) is 4.01. The molecule has 0 spiro atoms. The van der Waals surface area contributed by atoms with E-state index < -0.39 is 0 Å². The lowest BCUT2D eigenvalue weighted by Crippen LogP contribution is -2.13. The summed E-state index contributed by atoms with van der Waals surface area (Å²) in [6.07, 6.45) is 3.43. The highest BCUT2D eigenvalue weighted by Crippen LogP contribution is 2.25. The molecule has 0 aliphatic carbocycles. The van der Waals surface area contributed by atoms with Gasteiger partial charge in [0, 0.05) is 28.5 Å². The van der Waals surface area contributed by atoms with Crippen molar-refractivity contribution in [3.63, 3.8) is 0 Å². The number of halogens is 1. The number of hydrogen-bond donors (Lipinski definition) is 1. The van der Waals surface area contributed by atoms with Crippen molar-refractivity contribution in [2.45, 2.75) is 20.4 Å². The number of ether oxygens (including phenoxy) is 1. The van der Waals surface area contributed by atoms with Gasteiger partial charge in [-0.15, -0.1) is 0 Å². The van der Waals surface area contributed by atoms with Gasteiger partial charge < -0.3 is 10.1 Å². The molecule has 0 radical (unpaired) electrons. The summed E-state index contributed by atoms with van der Waals surface area (Å²) in [5.41, 5.74) is 1.97. The van der Waals surface area contributed by atoms with Gasteiger partial charge in [0.25, 0.3) is 0 Å². The van der Waals surface area contributed by atoms with Crippen molar-refractivity contribution in [1.82, 2.24) is 15.3 Å². The standard InChI is InChI=1S/C14H16BrN3O/c1-3-16-7-11-6-12(15)8-18-14(11)19-13-5-4-10(2)17-9-13/h4-6,8-9,16H,3,7H2,1-2H3. The minimum absolute atomic E-state index is 0.606. The highest BCUT2D eigenvalue weighted by atomic mass is 79.9. The predicted molar refractivity (Wildman–Crippen MR) is 78.4 cm³/mol. The van der Waals surface area contributed by atoms with Gasteiger partial charge in [0.05, 0.1) is 6.20 Å². The zero-order valence-electron chi connectivity index (χ0n) is 11.0. The first-order valence-electron chi connectivity index (χ1n) is 6.14. The summed E-state index contributed by atoms with van der Waals surface area (Å²) in [6, 6.07) is 5.81. The largest absolute Gasteiger partial charge is 0.437 e. The Morgan fingerprint density at radius 2 is 2.11 bits per heavy atom. The van der Waals surface area contributed by atoms with Gasteiger partial charge in [-0.3, -0.25) is 4.98 Å². The Labute approximate surface area is 121 Å². The van der Waals surface area contributed by atoms with Gasteiger partial charge in [0.2, 0.25) is 5.88 Å². The van der Waals surface area contributed by atoms with E-state index in [2.05, 4.69) is 38.1 Å². The molecule has 1 N–H and O–H groups in total. The molecule has 0 amide bonds. The Hall–Kier alpha value is -1.46. The smallest absolute Gasteiger partial charge is 0.223 e. The van der Waals surface area contributed by atoms with E-state index in [1.54, 1.807) is 12.4 Å². The molecule has 100 valence electrons. The summed E-state index contributed by atoms with van der Waals surface area (Å²) in [5.74, 6) is 1.30. The van der Waals surface area contributed by atoms with Crippen LogP contribution in [-0.4, -0.2) is 16.5 Å². The molecule has 0 saturated carbocycles. The van der Waals surface area contributed by atoms with Crippen LogP contribution in [0.4, 0.5) is 0 Å². The molecular weight excluding hydrogens is 306 g/mol. The lowest BCUT2D eigenvalue weighted by atomic mass is 10.2. The topological polar surface area (TPSA) is 47.0 Å². The Balaban J connectivity index is 2.20. The second-order valence-corrected chi connectivity index (χ2v) is 5.05. The number of hydrogen-bond acceptors (Lipinski definition) is 4. The van der Waals surface area contributed by atoms with Gasteiger partial charge in [-0.1, -0.05) is 6.92 Å². The average Bonchev–Trinajstić information content (AvgIpc) is 2.41. The molecule has 0 aromatic carbocycles. The fourth-order valence-electron chi connectivity index (χ4n) is 1.57. The second kappa shape index (κ2) is 6.63. The molecule has 0 aliphatic heterocycles. The summed E-state index contributed by atoms with van der Waals surface area (Å²) in [7, 11) is 0. The number of aryl methyl sites for hydroxylation is 1. The van der Waals surface area contributed by atoms with Crippen molar-refractivity contribution in [2.75, 3.05) is 6.54 Å². The van der Waals surface area contributed by atoms with Crippen LogP contribution in [0.1, 0.15) is 18.2 Å². The molecule has 4 nitrogen and oxygen atoms in total. The van der Waals surface area contributed by atoms with Crippen LogP contribution >= 0.6 is 15.9 Å². The maximum Gasteiger partial charge on any atom is 0.223 e. The molecule has 0 unspecified atom stereocenters. The predicted octanol–water partition coefficient (Wildman–Crippen LogP) is 3.45. The molecule has 19 heavy (non-hydrogen) atoms. The van der Waals surface area contributed by atoms with Crippen LogP contribution in [0.15, 0.2) is 35.1 Å². The van der Waals surface area contributed by atoms with Crippen LogP contribution in [0, 0.1) is 6.92 Å².